The van der Waals surface area contributed by atoms with Gasteiger partial charge < -0.3 is 14.9 Å². The fraction of sp³-hybridized carbons (Fsp3) is 0.417. The highest BCUT2D eigenvalue weighted by atomic mass is 16.5. The van der Waals surface area contributed by atoms with Crippen molar-refractivity contribution in [2.24, 2.45) is 0 Å². The van der Waals surface area contributed by atoms with E-state index in [1.807, 2.05) is 12.1 Å². The normalized spacial score (nSPS) is 22.9. The number of aliphatic hydroxyl groups excluding tert-OH is 1. The molecule has 86 valence electrons. The third kappa shape index (κ3) is 1.38. The Bertz CT molecular complexity index is 427. The number of carbonyl (C=O) groups is 1. The Morgan fingerprint density at radius 3 is 2.88 bits per heavy atom. The molecule has 0 fully saturated rings. The number of rotatable bonds is 3. The quantitative estimate of drug-likeness (QED) is 0.799. The van der Waals surface area contributed by atoms with Crippen molar-refractivity contribution in [1.82, 2.24) is 0 Å². The van der Waals surface area contributed by atoms with Crippen LogP contribution < -0.4 is 4.74 Å². The number of methoxy groups -OCH3 is 1. The van der Waals surface area contributed by atoms with E-state index in [0.717, 1.165) is 5.56 Å². The van der Waals surface area contributed by atoms with Gasteiger partial charge in [-0.25, -0.2) is 0 Å². The third-order valence-corrected chi connectivity index (χ3v) is 3.33. The van der Waals surface area contributed by atoms with Gasteiger partial charge in [0.25, 0.3) is 0 Å². The van der Waals surface area contributed by atoms with Crippen molar-refractivity contribution < 1.29 is 19.7 Å². The van der Waals surface area contributed by atoms with Crippen molar-refractivity contribution in [3.05, 3.63) is 29.3 Å². The minimum Gasteiger partial charge on any atom is -0.497 e. The zero-order chi connectivity index (χ0) is 11.8. The highest BCUT2D eigenvalue weighted by Crippen LogP contribution is 2.40. The molecule has 0 aliphatic heterocycles. The van der Waals surface area contributed by atoms with E-state index in [1.165, 1.54) is 7.11 Å². The molecule has 4 nitrogen and oxygen atoms in total. The number of aliphatic carboxylic acids is 1. The van der Waals surface area contributed by atoms with Crippen LogP contribution in [0.25, 0.3) is 0 Å². The first-order chi connectivity index (χ1) is 7.64. The Morgan fingerprint density at radius 1 is 1.56 bits per heavy atom. The van der Waals surface area contributed by atoms with Crippen LogP contribution in [0.15, 0.2) is 18.2 Å². The maximum Gasteiger partial charge on any atom is 0.316 e. The Hall–Kier alpha value is -1.55. The molecule has 0 aromatic heterocycles. The first-order valence-corrected chi connectivity index (χ1v) is 5.16. The van der Waals surface area contributed by atoms with E-state index in [9.17, 15) is 15.0 Å². The van der Waals surface area contributed by atoms with Crippen molar-refractivity contribution in [2.45, 2.75) is 18.3 Å². The van der Waals surface area contributed by atoms with E-state index in [2.05, 4.69) is 0 Å². The molecule has 1 aromatic rings. The van der Waals surface area contributed by atoms with Crippen LogP contribution in [0.2, 0.25) is 0 Å². The maximum absolute atomic E-state index is 11.3. The van der Waals surface area contributed by atoms with E-state index < -0.39 is 11.4 Å². The lowest BCUT2D eigenvalue weighted by atomic mass is 9.83. The molecule has 1 unspecified atom stereocenters. The summed E-state index contributed by atoms with van der Waals surface area (Å²) < 4.78 is 5.08. The summed E-state index contributed by atoms with van der Waals surface area (Å²) in [5, 5.41) is 18.6. The molecule has 1 aliphatic rings. The van der Waals surface area contributed by atoms with Crippen molar-refractivity contribution in [3.8, 4) is 5.75 Å². The lowest BCUT2D eigenvalue weighted by Gasteiger charge is -2.22. The predicted molar refractivity (Wildman–Crippen MR) is 57.7 cm³/mol. The Morgan fingerprint density at radius 2 is 2.31 bits per heavy atom. The second-order valence-electron chi connectivity index (χ2n) is 4.07. The number of benzene rings is 1. The summed E-state index contributed by atoms with van der Waals surface area (Å²) in [6, 6.07) is 5.40. The number of ether oxygens (including phenoxy) is 1. The Kier molecular flexibility index (Phi) is 2.59. The van der Waals surface area contributed by atoms with Crippen LogP contribution in [0, 0.1) is 0 Å². The number of carboxylic acids is 1. The molecule has 0 saturated heterocycles. The molecule has 16 heavy (non-hydrogen) atoms. The molecule has 0 heterocycles. The topological polar surface area (TPSA) is 66.8 Å². The molecular formula is C12H14O4. The number of aliphatic hydroxyl groups is 1. The van der Waals surface area contributed by atoms with Gasteiger partial charge in [0.15, 0.2) is 0 Å². The molecule has 0 saturated carbocycles. The zero-order valence-corrected chi connectivity index (χ0v) is 9.06. The first-order valence-electron chi connectivity index (χ1n) is 5.16. The van der Waals surface area contributed by atoms with Crippen LogP contribution in [0.1, 0.15) is 17.5 Å². The fourth-order valence-corrected chi connectivity index (χ4v) is 2.28. The smallest absolute Gasteiger partial charge is 0.316 e. The van der Waals surface area contributed by atoms with Gasteiger partial charge in [-0.1, -0.05) is 6.07 Å². The largest absolute Gasteiger partial charge is 0.497 e. The van der Waals surface area contributed by atoms with Crippen molar-refractivity contribution >= 4 is 5.97 Å². The van der Waals surface area contributed by atoms with Crippen LogP contribution in [0.3, 0.4) is 0 Å². The number of carboxylic acid groups (broad SMARTS) is 1. The minimum atomic E-state index is -1.15. The first kappa shape index (κ1) is 11.0. The van der Waals surface area contributed by atoms with Gasteiger partial charge in [0.1, 0.15) is 11.2 Å². The van der Waals surface area contributed by atoms with Crippen molar-refractivity contribution in [1.29, 1.82) is 0 Å². The average molecular weight is 222 g/mol. The number of aryl methyl sites for hydroxylation is 1. The highest BCUT2D eigenvalue weighted by molar-refractivity contribution is 5.83. The second kappa shape index (κ2) is 3.79. The van der Waals surface area contributed by atoms with E-state index >= 15 is 0 Å². The fourth-order valence-electron chi connectivity index (χ4n) is 2.28. The van der Waals surface area contributed by atoms with Gasteiger partial charge >= 0.3 is 5.97 Å². The summed E-state index contributed by atoms with van der Waals surface area (Å²) in [6.07, 6.45) is 1.13. The summed E-state index contributed by atoms with van der Waals surface area (Å²) >= 11 is 0. The van der Waals surface area contributed by atoms with E-state index in [0.29, 0.717) is 24.2 Å². The predicted octanol–water partition coefficient (Wildman–Crippen LogP) is 0.956. The van der Waals surface area contributed by atoms with Crippen LogP contribution in [-0.2, 0) is 16.6 Å². The molecule has 2 rings (SSSR count). The number of hydrogen-bond donors (Lipinski definition) is 2. The maximum atomic E-state index is 11.3. The second-order valence-corrected chi connectivity index (χ2v) is 4.07. The third-order valence-electron chi connectivity index (χ3n) is 3.33. The van der Waals surface area contributed by atoms with Crippen molar-refractivity contribution in [3.63, 3.8) is 0 Å². The lowest BCUT2D eigenvalue weighted by molar-refractivity contribution is -0.145. The molecular weight excluding hydrogens is 208 g/mol. The minimum absolute atomic E-state index is 0.373. The summed E-state index contributed by atoms with van der Waals surface area (Å²) in [5.74, 6) is -0.346. The van der Waals surface area contributed by atoms with E-state index in [1.54, 1.807) is 6.07 Å². The molecule has 0 radical (unpaired) electrons. The van der Waals surface area contributed by atoms with Gasteiger partial charge in [-0.05, 0) is 36.1 Å². The Balaban J connectivity index is 2.55. The summed E-state index contributed by atoms with van der Waals surface area (Å²) in [5.41, 5.74) is 0.517. The van der Waals surface area contributed by atoms with Gasteiger partial charge in [0.2, 0.25) is 0 Å². The molecule has 0 amide bonds. The summed E-state index contributed by atoms with van der Waals surface area (Å²) in [4.78, 5) is 11.3. The average Bonchev–Trinajstić information content (AvgIpc) is 2.67. The molecule has 1 aliphatic carbocycles. The van der Waals surface area contributed by atoms with E-state index in [4.69, 9.17) is 4.74 Å². The number of fused-ring (bicyclic) bond motifs is 1. The molecule has 1 aromatic carbocycles. The van der Waals surface area contributed by atoms with Gasteiger partial charge in [0.05, 0.1) is 13.7 Å². The lowest BCUT2D eigenvalue weighted by Crippen LogP contribution is -2.37. The van der Waals surface area contributed by atoms with Gasteiger partial charge in [-0.15, -0.1) is 0 Å². The van der Waals surface area contributed by atoms with Gasteiger partial charge in [-0.3, -0.25) is 4.79 Å². The summed E-state index contributed by atoms with van der Waals surface area (Å²) in [6.45, 7) is -0.373. The molecule has 2 N–H and O–H groups in total. The summed E-state index contributed by atoms with van der Waals surface area (Å²) in [7, 11) is 1.54. The number of hydrogen-bond acceptors (Lipinski definition) is 3. The Labute approximate surface area is 93.5 Å². The van der Waals surface area contributed by atoms with Crippen LogP contribution in [0.5, 0.6) is 5.75 Å². The molecule has 0 spiro atoms. The molecule has 1 atom stereocenters. The monoisotopic (exact) mass is 222 g/mol. The van der Waals surface area contributed by atoms with Crippen molar-refractivity contribution in [2.75, 3.05) is 13.7 Å². The highest BCUT2D eigenvalue weighted by Gasteiger charge is 2.45. The zero-order valence-electron chi connectivity index (χ0n) is 9.06. The SMILES string of the molecule is COc1ccc2c(c1)C(CO)(C(=O)O)CC2. The van der Waals surface area contributed by atoms with Gasteiger partial charge in [-0.2, -0.15) is 0 Å². The standard InChI is InChI=1S/C12H14O4/c1-16-9-3-2-8-4-5-12(7-13,11(14)15)10(8)6-9/h2-3,6,13H,4-5,7H2,1H3,(H,14,15). The van der Waals surface area contributed by atoms with Gasteiger partial charge in [0, 0.05) is 0 Å². The van der Waals surface area contributed by atoms with Crippen LogP contribution >= 0.6 is 0 Å². The van der Waals surface area contributed by atoms with E-state index in [-0.39, 0.29) is 6.61 Å². The van der Waals surface area contributed by atoms with Crippen LogP contribution in [-0.4, -0.2) is 29.9 Å². The van der Waals surface area contributed by atoms with Crippen LogP contribution in [0.4, 0.5) is 0 Å². The molecule has 4 heteroatoms. The molecule has 0 bridgehead atoms.